The maximum Gasteiger partial charge on any atom is 0.257 e. The first-order valence-electron chi connectivity index (χ1n) is 9.47. The van der Waals surface area contributed by atoms with Crippen molar-refractivity contribution in [2.75, 3.05) is 32.1 Å². The van der Waals surface area contributed by atoms with Crippen molar-refractivity contribution < 1.29 is 14.3 Å². The predicted octanol–water partition coefficient (Wildman–Crippen LogP) is 3.96. The monoisotopic (exact) mass is 389 g/mol. The van der Waals surface area contributed by atoms with Crippen LogP contribution in [-0.4, -0.2) is 42.6 Å². The highest BCUT2D eigenvalue weighted by atomic mass is 32.1. The standard InChI is InChI=1S/C20H27N3O3S/c1-4-6-11-26-16-8-7-14(12-17(16)25-3)19(24)22-20-21-15-9-10-23(5-2)13-18(15)27-20/h7-8,12H,4-6,9-11,13H2,1-3H3,(H,21,22,24). The summed E-state index contributed by atoms with van der Waals surface area (Å²) in [7, 11) is 1.58. The Morgan fingerprint density at radius 1 is 1.33 bits per heavy atom. The van der Waals surface area contributed by atoms with Gasteiger partial charge in [-0.05, 0) is 31.2 Å². The van der Waals surface area contributed by atoms with Gasteiger partial charge in [-0.25, -0.2) is 4.98 Å². The second-order valence-corrected chi connectivity index (χ2v) is 7.61. The van der Waals surface area contributed by atoms with E-state index in [4.69, 9.17) is 9.47 Å². The molecule has 2 aromatic rings. The van der Waals surface area contributed by atoms with Crippen molar-refractivity contribution >= 4 is 22.4 Å². The fraction of sp³-hybridized carbons (Fsp3) is 0.500. The molecular formula is C20H27N3O3S. The molecule has 3 rings (SSSR count). The summed E-state index contributed by atoms with van der Waals surface area (Å²) in [5.74, 6) is 1.04. The highest BCUT2D eigenvalue weighted by Gasteiger charge is 2.21. The van der Waals surface area contributed by atoms with Crippen LogP contribution in [-0.2, 0) is 13.0 Å². The quantitative estimate of drug-likeness (QED) is 0.693. The number of amides is 1. The normalized spacial score (nSPS) is 13.9. The Labute approximate surface area is 164 Å². The zero-order chi connectivity index (χ0) is 19.2. The van der Waals surface area contributed by atoms with Crippen molar-refractivity contribution in [3.8, 4) is 11.5 Å². The van der Waals surface area contributed by atoms with Gasteiger partial charge >= 0.3 is 0 Å². The van der Waals surface area contributed by atoms with E-state index in [0.29, 0.717) is 28.8 Å². The van der Waals surface area contributed by atoms with E-state index in [1.165, 1.54) is 4.88 Å². The second-order valence-electron chi connectivity index (χ2n) is 6.53. The van der Waals surface area contributed by atoms with Gasteiger partial charge in [-0.3, -0.25) is 15.0 Å². The summed E-state index contributed by atoms with van der Waals surface area (Å²) in [6.07, 6.45) is 2.99. The van der Waals surface area contributed by atoms with Crippen molar-refractivity contribution in [2.45, 2.75) is 39.7 Å². The molecule has 1 N–H and O–H groups in total. The van der Waals surface area contributed by atoms with Gasteiger partial charge in [0, 0.05) is 30.0 Å². The molecule has 0 saturated heterocycles. The first-order valence-corrected chi connectivity index (χ1v) is 10.3. The molecule has 0 saturated carbocycles. The third-order valence-electron chi connectivity index (χ3n) is 4.66. The van der Waals surface area contributed by atoms with Crippen LogP contribution in [0.4, 0.5) is 5.13 Å². The average molecular weight is 390 g/mol. The van der Waals surface area contributed by atoms with Gasteiger partial charge in [0.05, 0.1) is 19.4 Å². The largest absolute Gasteiger partial charge is 0.493 e. The summed E-state index contributed by atoms with van der Waals surface area (Å²) >= 11 is 1.56. The highest BCUT2D eigenvalue weighted by molar-refractivity contribution is 7.15. The molecule has 0 unspecified atom stereocenters. The van der Waals surface area contributed by atoms with Crippen LogP contribution in [0.15, 0.2) is 18.2 Å². The van der Waals surface area contributed by atoms with Crippen LogP contribution in [0, 0.1) is 0 Å². The number of methoxy groups -OCH3 is 1. The smallest absolute Gasteiger partial charge is 0.257 e. The van der Waals surface area contributed by atoms with Crippen molar-refractivity contribution in [3.63, 3.8) is 0 Å². The maximum atomic E-state index is 12.6. The lowest BCUT2D eigenvalue weighted by molar-refractivity contribution is 0.102. The first kappa shape index (κ1) is 19.6. The number of unbranched alkanes of at least 4 members (excludes halogenated alkanes) is 1. The molecule has 1 aromatic heterocycles. The maximum absolute atomic E-state index is 12.6. The lowest BCUT2D eigenvalue weighted by Gasteiger charge is -2.23. The molecule has 0 bridgehead atoms. The molecule has 1 aliphatic rings. The number of ether oxygens (including phenoxy) is 2. The Kier molecular flexibility index (Phi) is 6.68. The second kappa shape index (κ2) is 9.19. The minimum atomic E-state index is -0.188. The molecule has 0 atom stereocenters. The number of nitrogens with one attached hydrogen (secondary N) is 1. The summed E-state index contributed by atoms with van der Waals surface area (Å²) in [5, 5.41) is 3.58. The SMILES string of the molecule is CCCCOc1ccc(C(=O)Nc2nc3c(s2)CN(CC)CC3)cc1OC. The van der Waals surface area contributed by atoms with E-state index in [1.54, 1.807) is 36.6 Å². The number of likely N-dealkylation sites (N-methyl/N-ethyl adjacent to an activating group) is 1. The van der Waals surface area contributed by atoms with Crippen LogP contribution < -0.4 is 14.8 Å². The van der Waals surface area contributed by atoms with Crippen molar-refractivity contribution in [3.05, 3.63) is 34.3 Å². The number of thiazole rings is 1. The number of anilines is 1. The molecular weight excluding hydrogens is 362 g/mol. The van der Waals surface area contributed by atoms with Gasteiger partial charge in [-0.15, -0.1) is 11.3 Å². The molecule has 0 aliphatic carbocycles. The van der Waals surface area contributed by atoms with Gasteiger partial charge in [0.1, 0.15) is 0 Å². The number of fused-ring (bicyclic) bond motifs is 1. The molecule has 1 aliphatic heterocycles. The molecule has 27 heavy (non-hydrogen) atoms. The highest BCUT2D eigenvalue weighted by Crippen LogP contribution is 2.30. The number of rotatable bonds is 8. The minimum absolute atomic E-state index is 0.188. The third-order valence-corrected chi connectivity index (χ3v) is 5.66. The topological polar surface area (TPSA) is 63.7 Å². The van der Waals surface area contributed by atoms with Crippen molar-refractivity contribution in [1.29, 1.82) is 0 Å². The molecule has 6 nitrogen and oxygen atoms in total. The third kappa shape index (κ3) is 4.78. The average Bonchev–Trinajstić information content (AvgIpc) is 3.09. The first-order chi connectivity index (χ1) is 13.1. The Bertz CT molecular complexity index is 791. The summed E-state index contributed by atoms with van der Waals surface area (Å²) in [5.41, 5.74) is 1.63. The molecule has 0 spiro atoms. The number of carbonyl (C=O) groups excluding carboxylic acids is 1. The number of aromatic nitrogens is 1. The van der Waals surface area contributed by atoms with Crippen LogP contribution in [0.1, 0.15) is 47.6 Å². The summed E-state index contributed by atoms with van der Waals surface area (Å²) in [6.45, 7) is 7.89. The lowest BCUT2D eigenvalue weighted by Crippen LogP contribution is -2.29. The van der Waals surface area contributed by atoms with E-state index in [-0.39, 0.29) is 5.91 Å². The Balaban J connectivity index is 1.68. The molecule has 146 valence electrons. The van der Waals surface area contributed by atoms with E-state index in [2.05, 4.69) is 29.0 Å². The Morgan fingerprint density at radius 3 is 2.93 bits per heavy atom. The van der Waals surface area contributed by atoms with Gasteiger partial charge in [0.25, 0.3) is 5.91 Å². The van der Waals surface area contributed by atoms with Crippen LogP contribution in [0.5, 0.6) is 11.5 Å². The Hall–Kier alpha value is -2.12. The van der Waals surface area contributed by atoms with Gasteiger partial charge in [0.2, 0.25) is 0 Å². The van der Waals surface area contributed by atoms with Gasteiger partial charge in [0.15, 0.2) is 16.6 Å². The molecule has 2 heterocycles. The van der Waals surface area contributed by atoms with Crippen LogP contribution in [0.3, 0.4) is 0 Å². The fourth-order valence-electron chi connectivity index (χ4n) is 3.00. The summed E-state index contributed by atoms with van der Waals surface area (Å²) in [6, 6.07) is 5.25. The van der Waals surface area contributed by atoms with E-state index in [1.807, 2.05) is 0 Å². The minimum Gasteiger partial charge on any atom is -0.493 e. The fourth-order valence-corrected chi connectivity index (χ4v) is 4.04. The van der Waals surface area contributed by atoms with Crippen molar-refractivity contribution in [1.82, 2.24) is 9.88 Å². The van der Waals surface area contributed by atoms with Crippen LogP contribution >= 0.6 is 11.3 Å². The van der Waals surface area contributed by atoms with Crippen LogP contribution in [0.2, 0.25) is 0 Å². The number of benzene rings is 1. The number of carbonyl (C=O) groups is 1. The number of nitrogens with zero attached hydrogens (tertiary/aromatic N) is 2. The van der Waals surface area contributed by atoms with E-state index < -0.39 is 0 Å². The van der Waals surface area contributed by atoms with E-state index in [0.717, 1.165) is 44.6 Å². The van der Waals surface area contributed by atoms with E-state index in [9.17, 15) is 4.79 Å². The van der Waals surface area contributed by atoms with Crippen molar-refractivity contribution in [2.24, 2.45) is 0 Å². The zero-order valence-corrected chi connectivity index (χ0v) is 17.0. The number of hydrogen-bond donors (Lipinski definition) is 1. The number of hydrogen-bond acceptors (Lipinski definition) is 6. The van der Waals surface area contributed by atoms with Gasteiger partial charge in [-0.1, -0.05) is 20.3 Å². The van der Waals surface area contributed by atoms with E-state index >= 15 is 0 Å². The molecule has 1 amide bonds. The zero-order valence-electron chi connectivity index (χ0n) is 16.2. The van der Waals surface area contributed by atoms with Gasteiger partial charge in [-0.2, -0.15) is 0 Å². The molecule has 7 heteroatoms. The lowest BCUT2D eigenvalue weighted by atomic mass is 10.2. The molecule has 0 radical (unpaired) electrons. The molecule has 0 fully saturated rings. The van der Waals surface area contributed by atoms with Gasteiger partial charge < -0.3 is 9.47 Å². The Morgan fingerprint density at radius 2 is 2.19 bits per heavy atom. The predicted molar refractivity (Wildman–Crippen MR) is 108 cm³/mol. The molecule has 1 aromatic carbocycles. The van der Waals surface area contributed by atoms with Crippen LogP contribution in [0.25, 0.3) is 0 Å². The summed E-state index contributed by atoms with van der Waals surface area (Å²) < 4.78 is 11.1. The summed E-state index contributed by atoms with van der Waals surface area (Å²) in [4.78, 5) is 20.9.